The molecule has 0 amide bonds. The number of nitrogens with zero attached hydrogens (tertiary/aromatic N) is 1. The van der Waals surface area contributed by atoms with Gasteiger partial charge < -0.3 is 27.9 Å². The van der Waals surface area contributed by atoms with Gasteiger partial charge in [-0.2, -0.15) is 0 Å². The van der Waals surface area contributed by atoms with E-state index in [1.165, 1.54) is 135 Å². The first-order chi connectivity index (χ1) is 27.5. The van der Waals surface area contributed by atoms with E-state index in [2.05, 4.69) is 38.2 Å². The van der Waals surface area contributed by atoms with E-state index in [-0.39, 0.29) is 26.1 Å². The highest BCUT2D eigenvalue weighted by Gasteiger charge is 2.21. The summed E-state index contributed by atoms with van der Waals surface area (Å²) in [7, 11) is 1.15. The summed E-state index contributed by atoms with van der Waals surface area (Å²) in [6.45, 7) is 4.19. The normalized spacial score (nSPS) is 13.7. The maximum Gasteiger partial charge on any atom is 0.306 e. The van der Waals surface area contributed by atoms with Crippen LogP contribution in [0.25, 0.3) is 0 Å². The zero-order chi connectivity index (χ0) is 42.1. The number of rotatable bonds is 43. The molecule has 0 aliphatic heterocycles. The Kier molecular flexibility index (Phi) is 38.9. The van der Waals surface area contributed by atoms with Crippen molar-refractivity contribution in [3.63, 3.8) is 0 Å². The van der Waals surface area contributed by atoms with Crippen LogP contribution >= 0.6 is 7.82 Å². The van der Waals surface area contributed by atoms with Crippen molar-refractivity contribution in [3.8, 4) is 0 Å². The molecule has 0 spiro atoms. The quantitative estimate of drug-likeness (QED) is 0.0196. The van der Waals surface area contributed by atoms with Crippen LogP contribution in [0.2, 0.25) is 0 Å². The lowest BCUT2D eigenvalue weighted by molar-refractivity contribution is -0.870. The van der Waals surface area contributed by atoms with Crippen molar-refractivity contribution in [1.29, 1.82) is 0 Å². The SMILES string of the molecule is CCCCCCCCCCCCCCCC/C=C/CC/C=C/CCCC(=O)O[C@H](COC(=O)CCCCCCCCCCCC)COP(=O)([O-])OCC[N+](C)(C)C. The van der Waals surface area contributed by atoms with Gasteiger partial charge in [0.05, 0.1) is 27.7 Å². The molecule has 0 aliphatic rings. The minimum atomic E-state index is -4.63. The Labute approximate surface area is 351 Å². The molecule has 0 saturated heterocycles. The molecule has 10 heteroatoms. The maximum absolute atomic E-state index is 12.7. The Morgan fingerprint density at radius 2 is 0.930 bits per heavy atom. The number of esters is 2. The first-order valence-corrected chi connectivity index (χ1v) is 25.0. The monoisotopic (exact) mass is 828 g/mol. The first kappa shape index (κ1) is 55.5. The third kappa shape index (κ3) is 43.9. The summed E-state index contributed by atoms with van der Waals surface area (Å²) in [5, 5.41) is 0. The lowest BCUT2D eigenvalue weighted by atomic mass is 10.0. The van der Waals surface area contributed by atoms with Gasteiger partial charge in [-0.05, 0) is 44.9 Å². The van der Waals surface area contributed by atoms with Gasteiger partial charge >= 0.3 is 11.9 Å². The summed E-state index contributed by atoms with van der Waals surface area (Å²) >= 11 is 0. The number of carbonyl (C=O) groups excluding carboxylic acids is 2. The second kappa shape index (κ2) is 39.9. The summed E-state index contributed by atoms with van der Waals surface area (Å²) in [5.41, 5.74) is 0. The molecule has 0 rings (SSSR count). The molecule has 2 atom stereocenters. The maximum atomic E-state index is 12.7. The minimum absolute atomic E-state index is 0.0358. The molecule has 0 saturated carbocycles. The fourth-order valence-corrected chi connectivity index (χ4v) is 7.23. The third-order valence-corrected chi connectivity index (χ3v) is 11.2. The number of phosphoric acid groups is 1. The van der Waals surface area contributed by atoms with Gasteiger partial charge in [0.2, 0.25) is 0 Å². The first-order valence-electron chi connectivity index (χ1n) is 23.5. The highest BCUT2D eigenvalue weighted by molar-refractivity contribution is 7.45. The van der Waals surface area contributed by atoms with Crippen LogP contribution in [0.4, 0.5) is 0 Å². The Hall–Kier alpha value is -1.51. The fraction of sp³-hybridized carbons (Fsp3) is 0.872. The summed E-state index contributed by atoms with van der Waals surface area (Å²) in [4.78, 5) is 37.5. The van der Waals surface area contributed by atoms with Crippen LogP contribution in [-0.2, 0) is 32.7 Å². The number of phosphoric ester groups is 1. The smallest absolute Gasteiger partial charge is 0.306 e. The molecule has 0 N–H and O–H groups in total. The van der Waals surface area contributed by atoms with E-state index >= 15 is 0 Å². The van der Waals surface area contributed by atoms with Gasteiger partial charge in [0.1, 0.15) is 19.8 Å². The molecule has 0 aromatic rings. The molecule has 0 aromatic carbocycles. The average Bonchev–Trinajstić information content (AvgIpc) is 3.16. The number of hydrogen-bond donors (Lipinski definition) is 0. The number of ether oxygens (including phenoxy) is 2. The Balaban J connectivity index is 4.27. The lowest BCUT2D eigenvalue weighted by Gasteiger charge is -2.28. The van der Waals surface area contributed by atoms with Crippen molar-refractivity contribution in [2.45, 2.75) is 219 Å². The van der Waals surface area contributed by atoms with Gasteiger partial charge in [-0.1, -0.05) is 179 Å². The molecule has 0 radical (unpaired) electrons. The molecule has 0 bridgehead atoms. The topological polar surface area (TPSA) is 111 Å². The van der Waals surface area contributed by atoms with Crippen LogP contribution in [-0.4, -0.2) is 70.0 Å². The molecule has 0 heterocycles. The average molecular weight is 828 g/mol. The van der Waals surface area contributed by atoms with Gasteiger partial charge in [-0.25, -0.2) is 0 Å². The number of hydrogen-bond acceptors (Lipinski definition) is 8. The zero-order valence-corrected chi connectivity index (χ0v) is 38.7. The van der Waals surface area contributed by atoms with Crippen LogP contribution in [0.1, 0.15) is 213 Å². The standard InChI is InChI=1S/C47H90NO8P/c1-6-8-10-12-14-16-18-19-20-21-22-23-24-25-26-27-28-29-30-32-34-36-38-40-47(50)56-45(44-55-57(51,52)54-42-41-48(3,4)5)43-53-46(49)39-37-35-33-31-17-15-13-11-9-7-2/h27-28,32,34,45H,6-26,29-31,33,35-44H2,1-5H3/b28-27+,34-32+/t45-/m1/s1. The van der Waals surface area contributed by atoms with E-state index in [1.54, 1.807) is 0 Å². The van der Waals surface area contributed by atoms with Crippen molar-refractivity contribution >= 4 is 19.8 Å². The second-order valence-electron chi connectivity index (χ2n) is 17.1. The molecular weight excluding hydrogens is 737 g/mol. The minimum Gasteiger partial charge on any atom is -0.756 e. The predicted molar refractivity (Wildman–Crippen MR) is 236 cm³/mol. The van der Waals surface area contributed by atoms with Crippen LogP contribution in [0.5, 0.6) is 0 Å². The Bertz CT molecular complexity index is 1030. The molecule has 57 heavy (non-hydrogen) atoms. The molecule has 0 aliphatic carbocycles. The molecule has 0 fully saturated rings. The van der Waals surface area contributed by atoms with Crippen LogP contribution in [0.15, 0.2) is 24.3 Å². The number of likely N-dealkylation sites (N-methyl/N-ethyl adjacent to an activating group) is 1. The van der Waals surface area contributed by atoms with Crippen LogP contribution < -0.4 is 4.89 Å². The Morgan fingerprint density at radius 3 is 1.40 bits per heavy atom. The van der Waals surface area contributed by atoms with Gasteiger partial charge in [0.15, 0.2) is 6.10 Å². The van der Waals surface area contributed by atoms with Crippen molar-refractivity contribution < 1.29 is 42.1 Å². The zero-order valence-electron chi connectivity index (χ0n) is 37.8. The van der Waals surface area contributed by atoms with Crippen LogP contribution in [0.3, 0.4) is 0 Å². The predicted octanol–water partition coefficient (Wildman–Crippen LogP) is 12.9. The molecule has 336 valence electrons. The molecular formula is C47H90NO8P. The summed E-state index contributed by atoms with van der Waals surface area (Å²) in [6.07, 6.45) is 43.7. The molecule has 9 nitrogen and oxygen atoms in total. The number of allylic oxidation sites excluding steroid dienone is 4. The number of unbranched alkanes of at least 4 members (excludes halogenated alkanes) is 25. The van der Waals surface area contributed by atoms with E-state index in [0.29, 0.717) is 17.4 Å². The molecule has 0 aromatic heterocycles. The second-order valence-corrected chi connectivity index (χ2v) is 18.5. The summed E-state index contributed by atoms with van der Waals surface area (Å²) in [6, 6.07) is 0. The largest absolute Gasteiger partial charge is 0.756 e. The molecule has 1 unspecified atom stereocenters. The van der Waals surface area contributed by atoms with E-state index < -0.39 is 32.5 Å². The van der Waals surface area contributed by atoms with Gasteiger partial charge in [-0.3, -0.25) is 14.2 Å². The fourth-order valence-electron chi connectivity index (χ4n) is 6.50. The van der Waals surface area contributed by atoms with Crippen molar-refractivity contribution in [3.05, 3.63) is 24.3 Å². The summed E-state index contributed by atoms with van der Waals surface area (Å²) in [5.74, 6) is -0.879. The Morgan fingerprint density at radius 1 is 0.526 bits per heavy atom. The number of carbonyl (C=O) groups is 2. The van der Waals surface area contributed by atoms with Crippen LogP contribution in [0, 0.1) is 0 Å². The highest BCUT2D eigenvalue weighted by atomic mass is 31.2. The lowest BCUT2D eigenvalue weighted by Crippen LogP contribution is -2.37. The van der Waals surface area contributed by atoms with Crippen molar-refractivity contribution in [2.75, 3.05) is 47.5 Å². The van der Waals surface area contributed by atoms with E-state index in [1.807, 2.05) is 21.1 Å². The van der Waals surface area contributed by atoms with Gasteiger partial charge in [0, 0.05) is 12.8 Å². The highest BCUT2D eigenvalue weighted by Crippen LogP contribution is 2.38. The van der Waals surface area contributed by atoms with E-state index in [4.69, 9.17) is 18.5 Å². The number of quaternary nitrogens is 1. The van der Waals surface area contributed by atoms with Gasteiger partial charge in [0.25, 0.3) is 7.82 Å². The summed E-state index contributed by atoms with van der Waals surface area (Å²) < 4.78 is 33.8. The van der Waals surface area contributed by atoms with Crippen molar-refractivity contribution in [1.82, 2.24) is 0 Å². The van der Waals surface area contributed by atoms with Gasteiger partial charge in [-0.15, -0.1) is 0 Å². The van der Waals surface area contributed by atoms with E-state index in [9.17, 15) is 19.0 Å². The van der Waals surface area contributed by atoms with Crippen molar-refractivity contribution in [2.24, 2.45) is 0 Å². The third-order valence-electron chi connectivity index (χ3n) is 10.2. The van der Waals surface area contributed by atoms with E-state index in [0.717, 1.165) is 44.9 Å².